The second kappa shape index (κ2) is 5.94. The normalized spacial score (nSPS) is 18.1. The van der Waals surface area contributed by atoms with Gasteiger partial charge in [-0.05, 0) is 31.0 Å². The van der Waals surface area contributed by atoms with Gasteiger partial charge in [0, 0.05) is 32.0 Å². The number of amides is 1. The monoisotopic (exact) mass is 364 g/mol. The second-order valence-corrected chi connectivity index (χ2v) is 7.10. The number of ether oxygens (including phenoxy) is 1. The summed E-state index contributed by atoms with van der Waals surface area (Å²) in [5, 5.41) is 1.02. The van der Waals surface area contributed by atoms with Crippen molar-refractivity contribution in [1.29, 1.82) is 0 Å². The van der Waals surface area contributed by atoms with Crippen molar-refractivity contribution in [2.45, 2.75) is 18.4 Å². The van der Waals surface area contributed by atoms with E-state index >= 15 is 0 Å². The molecule has 5 rings (SSSR count). The highest BCUT2D eigenvalue weighted by atomic mass is 16.5. The predicted molar refractivity (Wildman–Crippen MR) is 99.9 cm³/mol. The molecular weight excluding hydrogens is 344 g/mol. The molecule has 1 aliphatic heterocycles. The van der Waals surface area contributed by atoms with Gasteiger partial charge in [0.25, 0.3) is 5.91 Å². The number of H-pyrrole nitrogens is 1. The van der Waals surface area contributed by atoms with Crippen molar-refractivity contribution in [3.8, 4) is 5.88 Å². The number of nitrogens with one attached hydrogen (secondary N) is 1. The quantitative estimate of drug-likeness (QED) is 0.763. The van der Waals surface area contributed by atoms with Crippen molar-refractivity contribution in [1.82, 2.24) is 24.8 Å². The Bertz CT molecular complexity index is 1010. The van der Waals surface area contributed by atoms with Crippen molar-refractivity contribution in [3.63, 3.8) is 0 Å². The van der Waals surface area contributed by atoms with Crippen LogP contribution in [0.25, 0.3) is 11.0 Å². The number of aromatic amines is 1. The Morgan fingerprint density at radius 2 is 2.11 bits per heavy atom. The molecule has 1 amide bonds. The van der Waals surface area contributed by atoms with Crippen molar-refractivity contribution < 1.29 is 9.53 Å². The number of pyridine rings is 1. The van der Waals surface area contributed by atoms with Crippen molar-refractivity contribution in [2.24, 2.45) is 0 Å². The molecule has 1 spiro atoms. The minimum atomic E-state index is -0.135. The summed E-state index contributed by atoms with van der Waals surface area (Å²) in [5.41, 5.74) is 1.22. The van der Waals surface area contributed by atoms with E-state index in [1.165, 1.54) is 0 Å². The lowest BCUT2D eigenvalue weighted by atomic mass is 10.1. The van der Waals surface area contributed by atoms with Crippen LogP contribution >= 0.6 is 0 Å². The molecule has 1 saturated carbocycles. The Morgan fingerprint density at radius 3 is 2.93 bits per heavy atom. The SMILES string of the molecule is COc1ncccc1C(=O)N1CCN(c2ncnc3[nH]ccc23)CC12CC2. The van der Waals surface area contributed by atoms with Crippen LogP contribution in [-0.2, 0) is 0 Å². The summed E-state index contributed by atoms with van der Waals surface area (Å²) in [7, 11) is 1.54. The van der Waals surface area contributed by atoms with Crippen LogP contribution in [0, 0.1) is 0 Å². The van der Waals surface area contributed by atoms with Gasteiger partial charge in [-0.1, -0.05) is 0 Å². The molecule has 3 aromatic rings. The first-order valence-corrected chi connectivity index (χ1v) is 9.06. The fourth-order valence-electron chi connectivity index (χ4n) is 4.02. The van der Waals surface area contributed by atoms with Crippen LogP contribution in [0.5, 0.6) is 5.88 Å². The van der Waals surface area contributed by atoms with Gasteiger partial charge in [0.05, 0.1) is 18.0 Å². The van der Waals surface area contributed by atoms with Crippen molar-refractivity contribution >= 4 is 22.8 Å². The molecule has 2 fully saturated rings. The Labute approximate surface area is 156 Å². The molecule has 0 radical (unpaired) electrons. The van der Waals surface area contributed by atoms with Crippen molar-refractivity contribution in [3.05, 3.63) is 42.5 Å². The zero-order valence-corrected chi connectivity index (χ0v) is 15.1. The van der Waals surface area contributed by atoms with Gasteiger partial charge in [0.1, 0.15) is 23.4 Å². The van der Waals surface area contributed by atoms with E-state index in [1.54, 1.807) is 31.8 Å². The van der Waals surface area contributed by atoms with Gasteiger partial charge >= 0.3 is 0 Å². The zero-order chi connectivity index (χ0) is 18.4. The third-order valence-corrected chi connectivity index (χ3v) is 5.55. The minimum absolute atomic E-state index is 0.00780. The van der Waals surface area contributed by atoms with Crippen LogP contribution in [0.4, 0.5) is 5.82 Å². The van der Waals surface area contributed by atoms with Crippen LogP contribution in [-0.4, -0.2) is 63.0 Å². The number of aromatic nitrogens is 4. The van der Waals surface area contributed by atoms with Gasteiger partial charge in [-0.2, -0.15) is 0 Å². The van der Waals surface area contributed by atoms with Gasteiger partial charge in [0.2, 0.25) is 5.88 Å². The third kappa shape index (κ3) is 2.51. The lowest BCUT2D eigenvalue weighted by Crippen LogP contribution is -2.57. The maximum absolute atomic E-state index is 13.2. The number of carbonyl (C=O) groups excluding carboxylic acids is 1. The predicted octanol–water partition coefficient (Wildman–Crippen LogP) is 1.86. The fraction of sp³-hybridized carbons (Fsp3) is 0.368. The molecule has 3 aromatic heterocycles. The van der Waals surface area contributed by atoms with E-state index in [1.807, 2.05) is 17.2 Å². The van der Waals surface area contributed by atoms with Crippen LogP contribution in [0.2, 0.25) is 0 Å². The average Bonchev–Trinajstić information content (AvgIpc) is 3.29. The number of rotatable bonds is 3. The molecule has 0 bridgehead atoms. The van der Waals surface area contributed by atoms with Crippen LogP contribution in [0.1, 0.15) is 23.2 Å². The maximum Gasteiger partial charge on any atom is 0.259 e. The minimum Gasteiger partial charge on any atom is -0.480 e. The summed E-state index contributed by atoms with van der Waals surface area (Å²) in [6.07, 6.45) is 7.10. The molecule has 1 aliphatic carbocycles. The molecular formula is C19H20N6O2. The zero-order valence-electron chi connectivity index (χ0n) is 15.1. The average molecular weight is 364 g/mol. The topological polar surface area (TPSA) is 87.2 Å². The van der Waals surface area contributed by atoms with Gasteiger partial charge in [-0.3, -0.25) is 4.79 Å². The van der Waals surface area contributed by atoms with E-state index in [9.17, 15) is 4.79 Å². The first kappa shape index (κ1) is 16.0. The summed E-state index contributed by atoms with van der Waals surface area (Å²) in [4.78, 5) is 33.6. The number of hydrogen-bond acceptors (Lipinski definition) is 6. The molecule has 2 aliphatic rings. The molecule has 1 N–H and O–H groups in total. The highest BCUT2D eigenvalue weighted by molar-refractivity contribution is 5.97. The Morgan fingerprint density at radius 1 is 1.22 bits per heavy atom. The largest absolute Gasteiger partial charge is 0.480 e. The van der Waals surface area contributed by atoms with E-state index < -0.39 is 0 Å². The second-order valence-electron chi connectivity index (χ2n) is 7.10. The number of hydrogen-bond donors (Lipinski definition) is 1. The fourth-order valence-corrected chi connectivity index (χ4v) is 4.02. The molecule has 4 heterocycles. The molecule has 8 nitrogen and oxygen atoms in total. The van der Waals surface area contributed by atoms with Crippen molar-refractivity contribution in [2.75, 3.05) is 31.6 Å². The van der Waals surface area contributed by atoms with Gasteiger partial charge in [0.15, 0.2) is 0 Å². The first-order valence-electron chi connectivity index (χ1n) is 9.06. The van der Waals surface area contributed by atoms with E-state index in [-0.39, 0.29) is 11.4 Å². The standard InChI is InChI=1S/C19H20N6O2/c1-27-17-14(3-2-7-21-17)18(26)25-10-9-24(11-19(25)5-6-19)16-13-4-8-20-15(13)22-12-23-16/h2-4,7-8,12H,5-6,9-11H2,1H3,(H,20,22,23). The molecule has 1 saturated heterocycles. The molecule has 0 unspecified atom stereocenters. The number of nitrogens with zero attached hydrogens (tertiary/aromatic N) is 5. The lowest BCUT2D eigenvalue weighted by Gasteiger charge is -2.42. The van der Waals surface area contributed by atoms with E-state index in [0.717, 1.165) is 42.8 Å². The number of carbonyl (C=O) groups is 1. The van der Waals surface area contributed by atoms with Gasteiger partial charge < -0.3 is 19.5 Å². The number of anilines is 1. The summed E-state index contributed by atoms with van der Waals surface area (Å²) in [6, 6.07) is 5.56. The summed E-state index contributed by atoms with van der Waals surface area (Å²) in [6.45, 7) is 2.15. The number of methoxy groups -OCH3 is 1. The Balaban J connectivity index is 1.43. The number of piperazine rings is 1. The lowest BCUT2D eigenvalue weighted by molar-refractivity contribution is 0.0620. The third-order valence-electron chi connectivity index (χ3n) is 5.55. The Kier molecular flexibility index (Phi) is 3.53. The van der Waals surface area contributed by atoms with E-state index in [4.69, 9.17) is 4.74 Å². The highest BCUT2D eigenvalue weighted by Crippen LogP contribution is 2.46. The van der Waals surface area contributed by atoms with Gasteiger partial charge in [-0.25, -0.2) is 15.0 Å². The molecule has 8 heteroatoms. The van der Waals surface area contributed by atoms with Gasteiger partial charge in [-0.15, -0.1) is 0 Å². The summed E-state index contributed by atoms with van der Waals surface area (Å²) >= 11 is 0. The van der Waals surface area contributed by atoms with Crippen LogP contribution < -0.4 is 9.64 Å². The molecule has 138 valence electrons. The van der Waals surface area contributed by atoms with E-state index in [0.29, 0.717) is 18.0 Å². The maximum atomic E-state index is 13.2. The summed E-state index contributed by atoms with van der Waals surface area (Å²) in [5.74, 6) is 1.30. The summed E-state index contributed by atoms with van der Waals surface area (Å²) < 4.78 is 5.29. The molecule has 0 aromatic carbocycles. The molecule has 27 heavy (non-hydrogen) atoms. The first-order chi connectivity index (χ1) is 13.2. The van der Waals surface area contributed by atoms with Crippen LogP contribution in [0.15, 0.2) is 36.9 Å². The van der Waals surface area contributed by atoms with E-state index in [2.05, 4.69) is 24.8 Å². The number of fused-ring (bicyclic) bond motifs is 1. The smallest absolute Gasteiger partial charge is 0.259 e. The van der Waals surface area contributed by atoms with Crippen LogP contribution in [0.3, 0.4) is 0 Å². The highest BCUT2D eigenvalue weighted by Gasteiger charge is 2.54. The Hall–Kier alpha value is -3.16. The molecule has 0 atom stereocenters.